The molecule has 1 saturated heterocycles. The molecule has 19 heavy (non-hydrogen) atoms. The van der Waals surface area contributed by atoms with Crippen molar-refractivity contribution in [3.63, 3.8) is 0 Å². The van der Waals surface area contributed by atoms with Gasteiger partial charge in [-0.25, -0.2) is 4.98 Å². The third-order valence-electron chi connectivity index (χ3n) is 3.67. The van der Waals surface area contributed by atoms with E-state index in [4.69, 9.17) is 5.73 Å². The maximum atomic E-state index is 5.81. The summed E-state index contributed by atoms with van der Waals surface area (Å²) in [5.74, 6) is 0.921. The Kier molecular flexibility index (Phi) is 3.47. The second-order valence-corrected chi connectivity index (χ2v) is 7.01. The van der Waals surface area contributed by atoms with Crippen LogP contribution in [0.5, 0.6) is 0 Å². The molecule has 0 radical (unpaired) electrons. The quantitative estimate of drug-likeness (QED) is 0.767. The minimum Gasteiger partial charge on any atom is -0.397 e. The highest BCUT2D eigenvalue weighted by Crippen LogP contribution is 2.30. The molecule has 0 aliphatic carbocycles. The first kappa shape index (κ1) is 14.1. The summed E-state index contributed by atoms with van der Waals surface area (Å²) in [6, 6.07) is 4.31. The van der Waals surface area contributed by atoms with Gasteiger partial charge in [0.1, 0.15) is 5.82 Å². The van der Waals surface area contributed by atoms with Gasteiger partial charge in [0.25, 0.3) is 0 Å². The van der Waals surface area contributed by atoms with Crippen LogP contribution in [0.1, 0.15) is 46.2 Å². The number of aromatic nitrogens is 1. The lowest BCUT2D eigenvalue weighted by Gasteiger charge is -2.46. The van der Waals surface area contributed by atoms with Gasteiger partial charge in [0.05, 0.1) is 11.4 Å². The topological polar surface area (TPSA) is 63.0 Å². The van der Waals surface area contributed by atoms with Crippen LogP contribution in [0, 0.1) is 6.92 Å². The minimum atomic E-state index is 0.141. The molecule has 2 rings (SSSR count). The van der Waals surface area contributed by atoms with Gasteiger partial charge in [0.2, 0.25) is 0 Å². The maximum Gasteiger partial charge on any atom is 0.126 e. The van der Waals surface area contributed by atoms with E-state index in [1.54, 1.807) is 0 Å². The lowest BCUT2D eigenvalue weighted by atomic mass is 9.79. The third-order valence-corrected chi connectivity index (χ3v) is 3.67. The summed E-state index contributed by atoms with van der Waals surface area (Å²) in [5, 5.41) is 7.24. The SMILES string of the molecule is Cc1nc(NC2CC(C)(C)NC(C)(C)C2)ccc1N. The lowest BCUT2D eigenvalue weighted by molar-refractivity contribution is 0.170. The highest BCUT2D eigenvalue weighted by atomic mass is 15.1. The summed E-state index contributed by atoms with van der Waals surface area (Å²) in [7, 11) is 0. The van der Waals surface area contributed by atoms with Gasteiger partial charge in [-0.15, -0.1) is 0 Å². The summed E-state index contributed by atoms with van der Waals surface area (Å²) >= 11 is 0. The van der Waals surface area contributed by atoms with Crippen LogP contribution < -0.4 is 16.4 Å². The number of piperidine rings is 1. The van der Waals surface area contributed by atoms with E-state index in [1.807, 2.05) is 19.1 Å². The molecule has 1 aromatic heterocycles. The first-order chi connectivity index (χ1) is 8.67. The summed E-state index contributed by atoms with van der Waals surface area (Å²) in [6.45, 7) is 11.0. The van der Waals surface area contributed by atoms with Gasteiger partial charge in [-0.1, -0.05) is 0 Å². The van der Waals surface area contributed by atoms with Crippen molar-refractivity contribution in [3.8, 4) is 0 Å². The standard InChI is InChI=1S/C15H26N4/c1-10-12(16)6-7-13(17-10)18-11-8-14(2,3)19-15(4,5)9-11/h6-7,11,19H,8-9,16H2,1-5H3,(H,17,18). The van der Waals surface area contributed by atoms with Gasteiger partial charge < -0.3 is 16.4 Å². The Labute approximate surface area is 116 Å². The molecule has 0 amide bonds. The van der Waals surface area contributed by atoms with Gasteiger partial charge >= 0.3 is 0 Å². The largest absolute Gasteiger partial charge is 0.397 e. The van der Waals surface area contributed by atoms with E-state index < -0.39 is 0 Å². The molecule has 4 nitrogen and oxygen atoms in total. The van der Waals surface area contributed by atoms with Crippen molar-refractivity contribution in [3.05, 3.63) is 17.8 Å². The first-order valence-electron chi connectivity index (χ1n) is 6.96. The summed E-state index contributed by atoms with van der Waals surface area (Å²) in [5.41, 5.74) is 7.72. The molecule has 1 fully saturated rings. The van der Waals surface area contributed by atoms with Crippen LogP contribution >= 0.6 is 0 Å². The number of hydrogen-bond acceptors (Lipinski definition) is 4. The van der Waals surface area contributed by atoms with Gasteiger partial charge in [0, 0.05) is 17.1 Å². The Morgan fingerprint density at radius 3 is 2.32 bits per heavy atom. The monoisotopic (exact) mass is 262 g/mol. The number of nitrogens with one attached hydrogen (secondary N) is 2. The fourth-order valence-electron chi connectivity index (χ4n) is 3.29. The number of anilines is 2. The zero-order valence-electron chi connectivity index (χ0n) is 12.7. The van der Waals surface area contributed by atoms with Gasteiger partial charge in [-0.05, 0) is 59.6 Å². The number of nitrogen functional groups attached to an aromatic ring is 1. The molecule has 0 bridgehead atoms. The van der Waals surface area contributed by atoms with E-state index in [0.29, 0.717) is 6.04 Å². The molecule has 2 heterocycles. The molecule has 1 aromatic rings. The van der Waals surface area contributed by atoms with Crippen LogP contribution in [-0.2, 0) is 0 Å². The molecular weight excluding hydrogens is 236 g/mol. The first-order valence-corrected chi connectivity index (χ1v) is 6.96. The normalized spacial score (nSPS) is 22.2. The Morgan fingerprint density at radius 2 is 1.79 bits per heavy atom. The molecule has 0 spiro atoms. The van der Waals surface area contributed by atoms with Crippen molar-refractivity contribution in [2.75, 3.05) is 11.1 Å². The van der Waals surface area contributed by atoms with Crippen LogP contribution in [0.25, 0.3) is 0 Å². The molecule has 0 aromatic carbocycles. The van der Waals surface area contributed by atoms with E-state index in [9.17, 15) is 0 Å². The van der Waals surface area contributed by atoms with Gasteiger partial charge in [-0.3, -0.25) is 0 Å². The second kappa shape index (κ2) is 4.67. The van der Waals surface area contributed by atoms with E-state index in [0.717, 1.165) is 30.0 Å². The van der Waals surface area contributed by atoms with Crippen LogP contribution in [0.2, 0.25) is 0 Å². The Bertz CT molecular complexity index is 449. The zero-order valence-corrected chi connectivity index (χ0v) is 12.7. The van der Waals surface area contributed by atoms with E-state index >= 15 is 0 Å². The molecule has 0 saturated carbocycles. The van der Waals surface area contributed by atoms with Crippen LogP contribution in [0.15, 0.2) is 12.1 Å². The Balaban J connectivity index is 2.11. The van der Waals surface area contributed by atoms with Crippen molar-refractivity contribution in [1.29, 1.82) is 0 Å². The second-order valence-electron chi connectivity index (χ2n) is 7.01. The molecule has 4 heteroatoms. The fourth-order valence-corrected chi connectivity index (χ4v) is 3.29. The number of pyridine rings is 1. The van der Waals surface area contributed by atoms with Crippen molar-refractivity contribution >= 4 is 11.5 Å². The van der Waals surface area contributed by atoms with E-state index in [2.05, 4.69) is 43.3 Å². The van der Waals surface area contributed by atoms with Crippen molar-refractivity contribution in [2.45, 2.75) is 64.6 Å². The molecule has 0 atom stereocenters. The minimum absolute atomic E-state index is 0.141. The highest BCUT2D eigenvalue weighted by molar-refractivity contribution is 5.49. The van der Waals surface area contributed by atoms with E-state index in [1.165, 1.54) is 0 Å². The molecule has 1 aliphatic rings. The molecular formula is C15H26N4. The van der Waals surface area contributed by atoms with E-state index in [-0.39, 0.29) is 11.1 Å². The summed E-state index contributed by atoms with van der Waals surface area (Å²) < 4.78 is 0. The van der Waals surface area contributed by atoms with Crippen LogP contribution in [0.3, 0.4) is 0 Å². The number of nitrogens with zero attached hydrogens (tertiary/aromatic N) is 1. The predicted octanol–water partition coefficient (Wildman–Crippen LogP) is 2.69. The van der Waals surface area contributed by atoms with Crippen molar-refractivity contribution in [1.82, 2.24) is 10.3 Å². The zero-order chi connectivity index (χ0) is 14.3. The van der Waals surface area contributed by atoms with Crippen molar-refractivity contribution in [2.24, 2.45) is 0 Å². The van der Waals surface area contributed by atoms with Gasteiger partial charge in [0.15, 0.2) is 0 Å². The highest BCUT2D eigenvalue weighted by Gasteiger charge is 2.37. The number of nitrogens with two attached hydrogens (primary N) is 1. The number of hydrogen-bond donors (Lipinski definition) is 3. The Hall–Kier alpha value is -1.29. The van der Waals surface area contributed by atoms with Crippen LogP contribution in [0.4, 0.5) is 11.5 Å². The fraction of sp³-hybridized carbons (Fsp3) is 0.667. The average molecular weight is 262 g/mol. The third kappa shape index (κ3) is 3.60. The Morgan fingerprint density at radius 1 is 1.21 bits per heavy atom. The maximum absolute atomic E-state index is 5.81. The van der Waals surface area contributed by atoms with Crippen molar-refractivity contribution < 1.29 is 0 Å². The summed E-state index contributed by atoms with van der Waals surface area (Å²) in [6.07, 6.45) is 2.17. The molecule has 0 unspecified atom stereocenters. The predicted molar refractivity (Wildman–Crippen MR) is 81.3 cm³/mol. The molecule has 106 valence electrons. The van der Waals surface area contributed by atoms with Crippen LogP contribution in [-0.4, -0.2) is 22.1 Å². The average Bonchev–Trinajstić information content (AvgIpc) is 2.18. The molecule has 4 N–H and O–H groups in total. The lowest BCUT2D eigenvalue weighted by Crippen LogP contribution is -2.60. The molecule has 1 aliphatic heterocycles. The van der Waals surface area contributed by atoms with Gasteiger partial charge in [-0.2, -0.15) is 0 Å². The summed E-state index contributed by atoms with van der Waals surface area (Å²) in [4.78, 5) is 4.51. The number of aryl methyl sites for hydroxylation is 1. The number of rotatable bonds is 2. The smallest absolute Gasteiger partial charge is 0.126 e.